The van der Waals surface area contributed by atoms with E-state index in [1.165, 1.54) is 6.07 Å². The van der Waals surface area contributed by atoms with Gasteiger partial charge in [-0.15, -0.1) is 0 Å². The zero-order valence-corrected chi connectivity index (χ0v) is 13.5. The first-order valence-corrected chi connectivity index (χ1v) is 8.28. The second-order valence-corrected chi connectivity index (χ2v) is 6.15. The number of carbonyl (C=O) groups excluding carboxylic acids is 1. The largest absolute Gasteiger partial charge is 0.381 e. The van der Waals surface area contributed by atoms with Gasteiger partial charge in [-0.1, -0.05) is 6.07 Å². The summed E-state index contributed by atoms with van der Waals surface area (Å²) in [5.41, 5.74) is -0.527. The third-order valence-electron chi connectivity index (χ3n) is 4.69. The second kappa shape index (κ2) is 8.00. The number of amides is 1. The summed E-state index contributed by atoms with van der Waals surface area (Å²) < 4.78 is 38.3. The van der Waals surface area contributed by atoms with Crippen LogP contribution in [0.25, 0.3) is 0 Å². The molecule has 3 rings (SSSR count). The lowest BCUT2D eigenvalue weighted by atomic mass is 9.96. The summed E-state index contributed by atoms with van der Waals surface area (Å²) >= 11 is 0. The van der Waals surface area contributed by atoms with Crippen LogP contribution in [0.4, 0.5) is 8.78 Å². The van der Waals surface area contributed by atoms with Crippen molar-refractivity contribution in [2.24, 2.45) is 5.92 Å². The van der Waals surface area contributed by atoms with Gasteiger partial charge in [0, 0.05) is 38.2 Å². The molecular formula is C17H22F2N2O3. The van der Waals surface area contributed by atoms with Crippen molar-refractivity contribution in [2.45, 2.75) is 12.5 Å². The van der Waals surface area contributed by atoms with E-state index < -0.39 is 23.1 Å². The van der Waals surface area contributed by atoms with Crippen molar-refractivity contribution < 1.29 is 23.0 Å². The average molecular weight is 340 g/mol. The maximum atomic E-state index is 13.7. The van der Waals surface area contributed by atoms with Crippen LogP contribution in [0.2, 0.25) is 0 Å². The Morgan fingerprint density at radius 3 is 2.54 bits per heavy atom. The molecule has 1 aromatic rings. The molecule has 0 aromatic heterocycles. The van der Waals surface area contributed by atoms with Gasteiger partial charge in [0.1, 0.15) is 17.2 Å². The monoisotopic (exact) mass is 340 g/mol. The van der Waals surface area contributed by atoms with Crippen LogP contribution in [0.15, 0.2) is 18.2 Å². The summed E-state index contributed by atoms with van der Waals surface area (Å²) in [5, 5.41) is 2.70. The third-order valence-corrected chi connectivity index (χ3v) is 4.69. The van der Waals surface area contributed by atoms with Crippen molar-refractivity contribution in [3.8, 4) is 0 Å². The zero-order chi connectivity index (χ0) is 16.9. The molecule has 1 aromatic carbocycles. The van der Waals surface area contributed by atoms with Gasteiger partial charge >= 0.3 is 0 Å². The Kier molecular flexibility index (Phi) is 5.76. The van der Waals surface area contributed by atoms with Crippen molar-refractivity contribution in [1.29, 1.82) is 0 Å². The molecule has 7 heteroatoms. The first kappa shape index (κ1) is 17.3. The topological polar surface area (TPSA) is 50.8 Å². The second-order valence-electron chi connectivity index (χ2n) is 6.15. The highest BCUT2D eigenvalue weighted by atomic mass is 19.1. The maximum Gasteiger partial charge on any atom is 0.257 e. The van der Waals surface area contributed by atoms with Crippen LogP contribution in [0.5, 0.6) is 0 Å². The Morgan fingerprint density at radius 1 is 1.21 bits per heavy atom. The predicted octanol–water partition coefficient (Wildman–Crippen LogP) is 1.43. The van der Waals surface area contributed by atoms with E-state index >= 15 is 0 Å². The van der Waals surface area contributed by atoms with Gasteiger partial charge in [0.05, 0.1) is 19.8 Å². The van der Waals surface area contributed by atoms with Crippen molar-refractivity contribution in [2.75, 3.05) is 46.1 Å². The summed E-state index contributed by atoms with van der Waals surface area (Å²) in [6.45, 7) is 4.56. The fraction of sp³-hybridized carbons (Fsp3) is 0.588. The number of benzene rings is 1. The normalized spacial score (nSPS) is 23.2. The molecular weight excluding hydrogens is 318 g/mol. The van der Waals surface area contributed by atoms with Crippen LogP contribution in [-0.4, -0.2) is 62.9 Å². The smallest absolute Gasteiger partial charge is 0.257 e. The molecule has 2 heterocycles. The van der Waals surface area contributed by atoms with Gasteiger partial charge in [-0.3, -0.25) is 9.69 Å². The van der Waals surface area contributed by atoms with E-state index in [0.717, 1.165) is 31.6 Å². The van der Waals surface area contributed by atoms with E-state index in [2.05, 4.69) is 10.2 Å². The summed E-state index contributed by atoms with van der Waals surface area (Å²) in [5.74, 6) is -2.11. The SMILES string of the molecule is O=C(NC[C@@H]([C@H]1CCOC1)N1CCOCC1)c1c(F)cccc1F. The number of nitrogens with zero attached hydrogens (tertiary/aromatic N) is 1. The predicted molar refractivity (Wildman–Crippen MR) is 83.8 cm³/mol. The Bertz CT molecular complexity index is 553. The molecule has 5 nitrogen and oxygen atoms in total. The van der Waals surface area contributed by atoms with Crippen LogP contribution >= 0.6 is 0 Å². The summed E-state index contributed by atoms with van der Waals surface area (Å²) in [6, 6.07) is 3.49. The van der Waals surface area contributed by atoms with Gasteiger partial charge in [-0.25, -0.2) is 8.78 Å². The maximum absolute atomic E-state index is 13.7. The lowest BCUT2D eigenvalue weighted by molar-refractivity contribution is 0.00165. The molecule has 0 radical (unpaired) electrons. The first-order chi connectivity index (χ1) is 11.7. The molecule has 132 valence electrons. The Hall–Kier alpha value is -1.57. The van der Waals surface area contributed by atoms with Crippen LogP contribution in [0.3, 0.4) is 0 Å². The number of ether oxygens (including phenoxy) is 2. The standard InChI is InChI=1S/C17H22F2N2O3/c18-13-2-1-3-14(19)16(13)17(22)20-10-15(12-4-7-24-11-12)21-5-8-23-9-6-21/h1-3,12,15H,4-11H2,(H,20,22)/t12-,15-/m0/s1. The highest BCUT2D eigenvalue weighted by Gasteiger charge is 2.32. The molecule has 2 aliphatic rings. The van der Waals surface area contributed by atoms with Gasteiger partial charge in [-0.05, 0) is 18.6 Å². The molecule has 2 aliphatic heterocycles. The van der Waals surface area contributed by atoms with E-state index in [-0.39, 0.29) is 6.04 Å². The molecule has 0 unspecified atom stereocenters. The van der Waals surface area contributed by atoms with Gasteiger partial charge in [-0.2, -0.15) is 0 Å². The minimum Gasteiger partial charge on any atom is -0.381 e. The van der Waals surface area contributed by atoms with Crippen molar-refractivity contribution in [3.05, 3.63) is 35.4 Å². The lowest BCUT2D eigenvalue weighted by Crippen LogP contribution is -2.52. The highest BCUT2D eigenvalue weighted by molar-refractivity contribution is 5.94. The number of hydrogen-bond donors (Lipinski definition) is 1. The van der Waals surface area contributed by atoms with Crippen LogP contribution < -0.4 is 5.32 Å². The molecule has 0 spiro atoms. The Labute approximate surface area is 139 Å². The number of halogens is 2. The zero-order valence-electron chi connectivity index (χ0n) is 13.5. The molecule has 1 amide bonds. The van der Waals surface area contributed by atoms with Crippen molar-refractivity contribution in [1.82, 2.24) is 10.2 Å². The minimum atomic E-state index is -0.848. The van der Waals surface area contributed by atoms with Crippen molar-refractivity contribution in [3.63, 3.8) is 0 Å². The highest BCUT2D eigenvalue weighted by Crippen LogP contribution is 2.22. The van der Waals surface area contributed by atoms with E-state index in [4.69, 9.17) is 9.47 Å². The summed E-state index contributed by atoms with van der Waals surface area (Å²) in [6.07, 6.45) is 0.923. The fourth-order valence-electron chi connectivity index (χ4n) is 3.36. The Balaban J connectivity index is 1.67. The molecule has 2 fully saturated rings. The van der Waals surface area contributed by atoms with Gasteiger partial charge in [0.25, 0.3) is 5.91 Å². The molecule has 24 heavy (non-hydrogen) atoms. The molecule has 2 atom stereocenters. The molecule has 2 saturated heterocycles. The number of nitrogens with one attached hydrogen (secondary N) is 1. The van der Waals surface area contributed by atoms with E-state index in [1.54, 1.807) is 0 Å². The van der Waals surface area contributed by atoms with Gasteiger partial charge in [0.2, 0.25) is 0 Å². The van der Waals surface area contributed by atoms with Gasteiger partial charge in [0.15, 0.2) is 0 Å². The molecule has 0 bridgehead atoms. The fourth-order valence-corrected chi connectivity index (χ4v) is 3.36. The first-order valence-electron chi connectivity index (χ1n) is 8.28. The minimum absolute atomic E-state index is 0.0789. The van der Waals surface area contributed by atoms with E-state index in [0.29, 0.717) is 38.9 Å². The number of hydrogen-bond acceptors (Lipinski definition) is 4. The Morgan fingerprint density at radius 2 is 1.92 bits per heavy atom. The van der Waals surface area contributed by atoms with Crippen LogP contribution in [0, 0.1) is 17.6 Å². The van der Waals surface area contributed by atoms with Crippen LogP contribution in [-0.2, 0) is 9.47 Å². The third kappa shape index (κ3) is 3.91. The molecule has 1 N–H and O–H groups in total. The molecule has 0 aliphatic carbocycles. The number of carbonyl (C=O) groups is 1. The van der Waals surface area contributed by atoms with Crippen molar-refractivity contribution >= 4 is 5.91 Å². The van der Waals surface area contributed by atoms with Gasteiger partial charge < -0.3 is 14.8 Å². The number of morpholine rings is 1. The quantitative estimate of drug-likeness (QED) is 0.881. The average Bonchev–Trinajstić information content (AvgIpc) is 3.10. The number of rotatable bonds is 5. The summed E-state index contributed by atoms with van der Waals surface area (Å²) in [4.78, 5) is 14.5. The molecule has 0 saturated carbocycles. The van der Waals surface area contributed by atoms with E-state index in [9.17, 15) is 13.6 Å². The summed E-state index contributed by atoms with van der Waals surface area (Å²) in [7, 11) is 0. The van der Waals surface area contributed by atoms with E-state index in [1.807, 2.05) is 0 Å². The lowest BCUT2D eigenvalue weighted by Gasteiger charge is -2.37. The van der Waals surface area contributed by atoms with Crippen LogP contribution in [0.1, 0.15) is 16.8 Å².